The predicted octanol–water partition coefficient (Wildman–Crippen LogP) is 4.55. The van der Waals surface area contributed by atoms with Crippen molar-refractivity contribution in [2.24, 2.45) is 0 Å². The van der Waals surface area contributed by atoms with Gasteiger partial charge in [0.2, 0.25) is 0 Å². The number of carbonyl (C=O) groups is 1. The van der Waals surface area contributed by atoms with Crippen LogP contribution in [-0.4, -0.2) is 35.5 Å². The van der Waals surface area contributed by atoms with E-state index in [4.69, 9.17) is 4.74 Å². The van der Waals surface area contributed by atoms with Gasteiger partial charge in [-0.2, -0.15) is 0 Å². The van der Waals surface area contributed by atoms with Gasteiger partial charge >= 0.3 is 0 Å². The number of aryl methyl sites for hydroxylation is 2. The van der Waals surface area contributed by atoms with E-state index in [0.29, 0.717) is 0 Å². The molecule has 1 fully saturated rings. The number of carbonyl (C=O) groups excluding carboxylic acids is 1. The number of aromatic nitrogens is 1. The number of benzene rings is 1. The molecular weight excluding hydrogens is 356 g/mol. The third-order valence-electron chi connectivity index (χ3n) is 6.36. The van der Waals surface area contributed by atoms with Crippen LogP contribution in [0.1, 0.15) is 44.9 Å². The van der Waals surface area contributed by atoms with Crippen molar-refractivity contribution in [3.05, 3.63) is 56.9 Å². The molecule has 0 bridgehead atoms. The lowest BCUT2D eigenvalue weighted by Crippen LogP contribution is -2.48. The van der Waals surface area contributed by atoms with E-state index in [-0.39, 0.29) is 11.5 Å². The molecule has 2 aromatic heterocycles. The first kappa shape index (κ1) is 17.0. The van der Waals surface area contributed by atoms with Gasteiger partial charge in [0.1, 0.15) is 0 Å². The van der Waals surface area contributed by atoms with Gasteiger partial charge in [0.15, 0.2) is 0 Å². The smallest absolute Gasteiger partial charge is 0.253 e. The summed E-state index contributed by atoms with van der Waals surface area (Å²) in [7, 11) is 0. The molecule has 3 aromatic rings. The number of rotatable bonds is 1. The Morgan fingerprint density at radius 1 is 1.22 bits per heavy atom. The maximum atomic E-state index is 13.1. The molecule has 5 heteroatoms. The zero-order valence-electron chi connectivity index (χ0n) is 15.8. The van der Waals surface area contributed by atoms with Crippen LogP contribution in [0.15, 0.2) is 29.6 Å². The summed E-state index contributed by atoms with van der Waals surface area (Å²) in [6.45, 7) is 6.47. The van der Waals surface area contributed by atoms with Crippen molar-refractivity contribution in [2.75, 3.05) is 19.7 Å². The summed E-state index contributed by atoms with van der Waals surface area (Å²) in [4.78, 5) is 19.9. The number of thiophene rings is 1. The van der Waals surface area contributed by atoms with Gasteiger partial charge < -0.3 is 14.6 Å². The standard InChI is InChI=1S/C22H24N2O2S/c1-14-15(2)23-19-4-3-16(13-17(14)19)21(25)24-9-7-22(8-10-24)18-6-12-27-20(18)5-11-26-22/h3-4,6,12-13,23H,5,7-11H2,1-2H3. The molecule has 1 amide bonds. The summed E-state index contributed by atoms with van der Waals surface area (Å²) < 4.78 is 6.27. The molecule has 0 unspecified atom stereocenters. The first-order valence-electron chi connectivity index (χ1n) is 9.66. The van der Waals surface area contributed by atoms with E-state index < -0.39 is 0 Å². The summed E-state index contributed by atoms with van der Waals surface area (Å²) >= 11 is 1.84. The molecule has 0 radical (unpaired) electrons. The number of fused-ring (bicyclic) bond motifs is 3. The first-order chi connectivity index (χ1) is 13.1. The second kappa shape index (κ2) is 6.21. The number of amides is 1. The highest BCUT2D eigenvalue weighted by Gasteiger charge is 2.42. The average molecular weight is 381 g/mol. The average Bonchev–Trinajstić information content (AvgIpc) is 3.28. The normalized spacial score (nSPS) is 18.8. The minimum atomic E-state index is -0.178. The molecule has 2 aliphatic rings. The van der Waals surface area contributed by atoms with Crippen LogP contribution in [0.3, 0.4) is 0 Å². The number of ether oxygens (including phenoxy) is 1. The van der Waals surface area contributed by atoms with Gasteiger partial charge in [-0.15, -0.1) is 11.3 Å². The van der Waals surface area contributed by atoms with Crippen molar-refractivity contribution < 1.29 is 9.53 Å². The molecule has 1 aromatic carbocycles. The highest BCUT2D eigenvalue weighted by Crippen LogP contribution is 2.43. The van der Waals surface area contributed by atoms with Crippen LogP contribution in [0.5, 0.6) is 0 Å². The number of hydrogen-bond acceptors (Lipinski definition) is 3. The van der Waals surface area contributed by atoms with Gasteiger partial charge in [0.05, 0.1) is 12.2 Å². The summed E-state index contributed by atoms with van der Waals surface area (Å²) in [5.74, 6) is 0.131. The highest BCUT2D eigenvalue weighted by atomic mass is 32.1. The number of likely N-dealkylation sites (tertiary alicyclic amines) is 1. The third-order valence-corrected chi connectivity index (χ3v) is 7.34. The van der Waals surface area contributed by atoms with Gasteiger partial charge in [0.25, 0.3) is 5.91 Å². The molecule has 27 heavy (non-hydrogen) atoms. The number of hydrogen-bond donors (Lipinski definition) is 1. The molecular formula is C22H24N2O2S. The number of piperidine rings is 1. The van der Waals surface area contributed by atoms with E-state index in [0.717, 1.165) is 61.1 Å². The van der Waals surface area contributed by atoms with Crippen LogP contribution >= 0.6 is 11.3 Å². The van der Waals surface area contributed by atoms with Gasteiger partial charge in [0, 0.05) is 46.5 Å². The van der Waals surface area contributed by atoms with Crippen LogP contribution in [-0.2, 0) is 16.8 Å². The molecule has 2 aliphatic heterocycles. The fourth-order valence-corrected chi connectivity index (χ4v) is 5.57. The second-order valence-electron chi connectivity index (χ2n) is 7.78. The topological polar surface area (TPSA) is 45.3 Å². The zero-order chi connectivity index (χ0) is 18.6. The Bertz CT molecular complexity index is 1020. The van der Waals surface area contributed by atoms with E-state index in [9.17, 15) is 4.79 Å². The number of nitrogens with one attached hydrogen (secondary N) is 1. The van der Waals surface area contributed by atoms with Crippen molar-refractivity contribution in [3.8, 4) is 0 Å². The number of H-pyrrole nitrogens is 1. The summed E-state index contributed by atoms with van der Waals surface area (Å²) in [5.41, 5.74) is 5.45. The maximum absolute atomic E-state index is 13.1. The van der Waals surface area contributed by atoms with Crippen molar-refractivity contribution in [1.82, 2.24) is 9.88 Å². The number of nitrogens with zero attached hydrogens (tertiary/aromatic N) is 1. The van der Waals surface area contributed by atoms with E-state index >= 15 is 0 Å². The van der Waals surface area contributed by atoms with Gasteiger partial charge in [-0.05, 0) is 67.5 Å². The molecule has 4 heterocycles. The monoisotopic (exact) mass is 380 g/mol. The van der Waals surface area contributed by atoms with E-state index in [2.05, 4.69) is 30.3 Å². The molecule has 5 rings (SSSR count). The van der Waals surface area contributed by atoms with E-state index in [1.165, 1.54) is 16.0 Å². The molecule has 0 saturated carbocycles. The Labute approximate surface area is 163 Å². The maximum Gasteiger partial charge on any atom is 0.253 e. The Morgan fingerprint density at radius 2 is 2.04 bits per heavy atom. The van der Waals surface area contributed by atoms with Crippen molar-refractivity contribution in [1.29, 1.82) is 0 Å². The van der Waals surface area contributed by atoms with Crippen LogP contribution in [0.4, 0.5) is 0 Å². The second-order valence-corrected chi connectivity index (χ2v) is 8.78. The van der Waals surface area contributed by atoms with Crippen LogP contribution < -0.4 is 0 Å². The van der Waals surface area contributed by atoms with E-state index in [1.54, 1.807) is 0 Å². The van der Waals surface area contributed by atoms with Crippen LogP contribution in [0.2, 0.25) is 0 Å². The minimum absolute atomic E-state index is 0.131. The van der Waals surface area contributed by atoms with Crippen molar-refractivity contribution in [2.45, 2.75) is 38.7 Å². The first-order valence-corrected chi connectivity index (χ1v) is 10.5. The van der Waals surface area contributed by atoms with Crippen molar-refractivity contribution >= 4 is 28.1 Å². The molecule has 1 N–H and O–H groups in total. The molecule has 140 valence electrons. The van der Waals surface area contributed by atoms with Gasteiger partial charge in [-0.3, -0.25) is 4.79 Å². The third kappa shape index (κ3) is 2.64. The summed E-state index contributed by atoms with van der Waals surface area (Å²) in [6.07, 6.45) is 2.78. The molecule has 1 spiro atoms. The lowest BCUT2D eigenvalue weighted by atomic mass is 9.82. The zero-order valence-corrected chi connectivity index (χ0v) is 16.6. The largest absolute Gasteiger partial charge is 0.370 e. The van der Waals surface area contributed by atoms with Crippen molar-refractivity contribution in [3.63, 3.8) is 0 Å². The molecule has 0 aliphatic carbocycles. The molecule has 0 atom stereocenters. The summed E-state index contributed by atoms with van der Waals surface area (Å²) in [6, 6.07) is 8.23. The predicted molar refractivity (Wildman–Crippen MR) is 109 cm³/mol. The fraction of sp³-hybridized carbons (Fsp3) is 0.409. The molecule has 1 saturated heterocycles. The Kier molecular flexibility index (Phi) is 3.92. The highest BCUT2D eigenvalue weighted by molar-refractivity contribution is 7.10. The van der Waals surface area contributed by atoms with Gasteiger partial charge in [-0.25, -0.2) is 0 Å². The van der Waals surface area contributed by atoms with Crippen LogP contribution in [0.25, 0.3) is 10.9 Å². The van der Waals surface area contributed by atoms with Crippen LogP contribution in [0, 0.1) is 13.8 Å². The fourth-order valence-electron chi connectivity index (χ4n) is 4.62. The Morgan fingerprint density at radius 3 is 2.85 bits per heavy atom. The number of aromatic amines is 1. The molecule has 4 nitrogen and oxygen atoms in total. The van der Waals surface area contributed by atoms with E-state index in [1.807, 2.05) is 34.4 Å². The SMILES string of the molecule is Cc1[nH]c2ccc(C(=O)N3CCC4(CC3)OCCc3sccc34)cc2c1C. The quantitative estimate of drug-likeness (QED) is 0.673. The lowest BCUT2D eigenvalue weighted by Gasteiger charge is -2.44. The Balaban J connectivity index is 1.37. The summed E-state index contributed by atoms with van der Waals surface area (Å²) in [5, 5.41) is 3.32. The lowest BCUT2D eigenvalue weighted by molar-refractivity contribution is -0.0926. The Hall–Kier alpha value is -2.11. The minimum Gasteiger partial charge on any atom is -0.370 e. The van der Waals surface area contributed by atoms with Gasteiger partial charge in [-0.1, -0.05) is 0 Å².